The molecule has 56 heavy (non-hydrogen) atoms. The van der Waals surface area contributed by atoms with Crippen molar-refractivity contribution in [3.05, 3.63) is 95.1 Å². The highest BCUT2D eigenvalue weighted by atomic mass is 16.5. The Hall–Kier alpha value is -6.04. The first-order chi connectivity index (χ1) is 26.6. The Morgan fingerprint density at radius 1 is 0.571 bits per heavy atom. The summed E-state index contributed by atoms with van der Waals surface area (Å²) in [7, 11) is 0. The molecule has 0 radical (unpaired) electrons. The zero-order valence-electron chi connectivity index (χ0n) is 33.2. The molecule has 4 rings (SSSR count). The Morgan fingerprint density at radius 2 is 1.02 bits per heavy atom. The van der Waals surface area contributed by atoms with Gasteiger partial charge in [0.2, 0.25) is 0 Å². The smallest absolute Gasteiger partial charge is 0.335 e. The number of anilines is 2. The molecule has 4 N–H and O–H groups in total. The number of hydrogen-bond donors (Lipinski definition) is 4. The van der Waals surface area contributed by atoms with Gasteiger partial charge in [-0.1, -0.05) is 39.8 Å². The number of carbonyl (C=O) groups is 4. The molecule has 12 heteroatoms. The van der Waals surface area contributed by atoms with E-state index in [1.54, 1.807) is 50.2 Å². The minimum atomic E-state index is -1.12. The van der Waals surface area contributed by atoms with Crippen LogP contribution in [0, 0.1) is 5.92 Å². The fourth-order valence-electron chi connectivity index (χ4n) is 5.35. The minimum Gasteiger partial charge on any atom is -0.493 e. The van der Waals surface area contributed by atoms with E-state index in [9.17, 15) is 29.4 Å². The van der Waals surface area contributed by atoms with Gasteiger partial charge in [0.15, 0.2) is 0 Å². The number of carbonyl (C=O) groups excluding carboxylic acids is 2. The molecule has 0 aliphatic rings. The number of rotatable bonds is 19. The zero-order chi connectivity index (χ0) is 41.1. The van der Waals surface area contributed by atoms with Crippen LogP contribution in [-0.2, 0) is 0 Å². The lowest BCUT2D eigenvalue weighted by Crippen LogP contribution is -2.18. The molecule has 4 aromatic rings. The monoisotopic (exact) mass is 768 g/mol. The van der Waals surface area contributed by atoms with Crippen LogP contribution in [0.25, 0.3) is 11.1 Å². The highest BCUT2D eigenvalue weighted by Crippen LogP contribution is 2.35. The first-order valence-electron chi connectivity index (χ1n) is 18.9. The molecule has 0 aliphatic heterocycles. The summed E-state index contributed by atoms with van der Waals surface area (Å²) in [6.45, 7) is 15.8. The number of hydrogen-bond acceptors (Lipinski definition) is 8. The normalized spacial score (nSPS) is 12.1. The number of ether oxygens (including phenoxy) is 4. The van der Waals surface area contributed by atoms with Crippen molar-refractivity contribution in [2.24, 2.45) is 5.92 Å². The SMILES string of the molecule is CCC(C)Oc1cc(C(=O)O)ccc1NC(=O)c1ccc(-c2ccc(C(=O)Nc3ccc(C(=O)O)cc3OC(C)C)c(OC(C)CC)c2)cc1OCCC(C)C. The summed E-state index contributed by atoms with van der Waals surface area (Å²) in [6.07, 6.45) is 1.36. The largest absolute Gasteiger partial charge is 0.493 e. The Kier molecular flexibility index (Phi) is 14.9. The van der Waals surface area contributed by atoms with Crippen molar-refractivity contribution >= 4 is 35.1 Å². The zero-order valence-corrected chi connectivity index (χ0v) is 33.2. The fourth-order valence-corrected chi connectivity index (χ4v) is 5.35. The summed E-state index contributed by atoms with van der Waals surface area (Å²) in [5.41, 5.74) is 2.58. The van der Waals surface area contributed by atoms with E-state index in [2.05, 4.69) is 24.5 Å². The van der Waals surface area contributed by atoms with E-state index in [4.69, 9.17) is 18.9 Å². The quantitative estimate of drug-likeness (QED) is 0.0720. The van der Waals surface area contributed by atoms with Gasteiger partial charge in [-0.3, -0.25) is 9.59 Å². The van der Waals surface area contributed by atoms with Gasteiger partial charge in [-0.05, 0) is 125 Å². The second-order valence-electron chi connectivity index (χ2n) is 14.2. The van der Waals surface area contributed by atoms with Crippen LogP contribution in [0.5, 0.6) is 23.0 Å². The molecule has 0 spiro atoms. The summed E-state index contributed by atoms with van der Waals surface area (Å²) in [4.78, 5) is 51.0. The van der Waals surface area contributed by atoms with E-state index in [0.717, 1.165) is 6.42 Å². The molecule has 2 unspecified atom stereocenters. The molecule has 0 fully saturated rings. The number of amides is 2. The molecule has 0 aliphatic carbocycles. The van der Waals surface area contributed by atoms with Crippen LogP contribution >= 0.6 is 0 Å². The maximum atomic E-state index is 13.9. The summed E-state index contributed by atoms with van der Waals surface area (Å²) in [5, 5.41) is 24.8. The molecular formula is C44H52N2O10. The lowest BCUT2D eigenvalue weighted by molar-refractivity contribution is 0.0685. The lowest BCUT2D eigenvalue weighted by Gasteiger charge is -2.20. The van der Waals surface area contributed by atoms with Crippen LogP contribution in [0.3, 0.4) is 0 Å². The number of aromatic carboxylic acids is 2. The van der Waals surface area contributed by atoms with Crippen LogP contribution in [0.1, 0.15) is 116 Å². The minimum absolute atomic E-state index is 0.0228. The van der Waals surface area contributed by atoms with Crippen LogP contribution in [0.15, 0.2) is 72.8 Å². The van der Waals surface area contributed by atoms with Crippen molar-refractivity contribution in [1.29, 1.82) is 0 Å². The van der Waals surface area contributed by atoms with Crippen molar-refractivity contribution < 1.29 is 48.3 Å². The Bertz CT molecular complexity index is 2040. The van der Waals surface area contributed by atoms with Gasteiger partial charge in [-0.2, -0.15) is 0 Å². The second-order valence-corrected chi connectivity index (χ2v) is 14.2. The van der Waals surface area contributed by atoms with E-state index in [0.29, 0.717) is 59.4 Å². The highest BCUT2D eigenvalue weighted by molar-refractivity contribution is 6.09. The first-order valence-corrected chi connectivity index (χ1v) is 18.9. The molecule has 0 bridgehead atoms. The molecule has 2 amide bonds. The second kappa shape index (κ2) is 19.5. The highest BCUT2D eigenvalue weighted by Gasteiger charge is 2.22. The van der Waals surface area contributed by atoms with Crippen molar-refractivity contribution in [3.8, 4) is 34.1 Å². The van der Waals surface area contributed by atoms with Crippen molar-refractivity contribution in [3.63, 3.8) is 0 Å². The van der Waals surface area contributed by atoms with Gasteiger partial charge >= 0.3 is 11.9 Å². The van der Waals surface area contributed by atoms with Gasteiger partial charge in [0, 0.05) is 0 Å². The van der Waals surface area contributed by atoms with Gasteiger partial charge in [-0.15, -0.1) is 0 Å². The molecule has 0 saturated carbocycles. The van der Waals surface area contributed by atoms with Crippen LogP contribution < -0.4 is 29.6 Å². The topological polar surface area (TPSA) is 170 Å². The van der Waals surface area contributed by atoms with Crippen molar-refractivity contribution in [1.82, 2.24) is 0 Å². The molecule has 4 aromatic carbocycles. The Balaban J connectivity index is 1.72. The molecular weight excluding hydrogens is 716 g/mol. The molecule has 298 valence electrons. The Morgan fingerprint density at radius 3 is 1.46 bits per heavy atom. The maximum Gasteiger partial charge on any atom is 0.335 e. The van der Waals surface area contributed by atoms with Gasteiger partial charge in [-0.25, -0.2) is 9.59 Å². The number of benzene rings is 4. The number of carboxylic acid groups (broad SMARTS) is 2. The van der Waals surface area contributed by atoms with Crippen molar-refractivity contribution in [2.75, 3.05) is 17.2 Å². The predicted molar refractivity (Wildman–Crippen MR) is 216 cm³/mol. The average Bonchev–Trinajstić information content (AvgIpc) is 3.15. The van der Waals surface area contributed by atoms with Crippen LogP contribution in [0.4, 0.5) is 11.4 Å². The number of nitrogens with one attached hydrogen (secondary N) is 2. The predicted octanol–water partition coefficient (Wildman–Crippen LogP) is 9.82. The first kappa shape index (κ1) is 42.7. The lowest BCUT2D eigenvalue weighted by atomic mass is 10.00. The van der Waals surface area contributed by atoms with Crippen LogP contribution in [-0.4, -0.2) is 58.9 Å². The summed E-state index contributed by atoms with van der Waals surface area (Å²) in [5.74, 6) is -1.71. The summed E-state index contributed by atoms with van der Waals surface area (Å²) >= 11 is 0. The third-order valence-corrected chi connectivity index (χ3v) is 8.86. The molecule has 0 aromatic heterocycles. The number of carboxylic acids is 2. The maximum absolute atomic E-state index is 13.9. The molecule has 0 heterocycles. The summed E-state index contributed by atoms with van der Waals surface area (Å²) in [6, 6.07) is 18.9. The molecule has 0 saturated heterocycles. The standard InChI is InChI=1S/C44H52N2O10/c1-9-27(7)55-38-22-30(12-16-34(38)42(48)45-35-17-13-31(43(49)50)23-39(35)54-26(5)6)29-11-15-33(37(21-29)53-20-19-25(3)4)41(47)46-36-18-14-32(44(51)52)24-40(36)56-28(8)10-2/h11-18,21-28H,9-10,19-20H2,1-8H3,(H,45,48)(H,46,47)(H,49,50)(H,51,52). The van der Waals surface area contributed by atoms with Gasteiger partial charge in [0.1, 0.15) is 23.0 Å². The van der Waals surface area contributed by atoms with Gasteiger partial charge in [0.25, 0.3) is 11.8 Å². The van der Waals surface area contributed by atoms with E-state index < -0.39 is 23.8 Å². The Labute approximate surface area is 328 Å². The molecule has 12 nitrogen and oxygen atoms in total. The van der Waals surface area contributed by atoms with Gasteiger partial charge < -0.3 is 39.8 Å². The van der Waals surface area contributed by atoms with E-state index in [1.165, 1.54) is 36.4 Å². The third kappa shape index (κ3) is 11.5. The van der Waals surface area contributed by atoms with E-state index in [-0.39, 0.29) is 52.1 Å². The fraction of sp³-hybridized carbons (Fsp3) is 0.364. The third-order valence-electron chi connectivity index (χ3n) is 8.86. The molecule has 2 atom stereocenters. The summed E-state index contributed by atoms with van der Waals surface area (Å²) < 4.78 is 24.3. The van der Waals surface area contributed by atoms with Crippen LogP contribution in [0.2, 0.25) is 0 Å². The van der Waals surface area contributed by atoms with Gasteiger partial charge in [0.05, 0.1) is 58.5 Å². The van der Waals surface area contributed by atoms with Crippen molar-refractivity contribution in [2.45, 2.75) is 93.0 Å². The van der Waals surface area contributed by atoms with E-state index in [1.807, 2.05) is 27.7 Å². The average molecular weight is 769 g/mol. The van der Waals surface area contributed by atoms with E-state index >= 15 is 0 Å².